The third-order valence-electron chi connectivity index (χ3n) is 3.67. The molecule has 5 nitrogen and oxygen atoms in total. The van der Waals surface area contributed by atoms with E-state index in [1.807, 2.05) is 0 Å². The number of hydrogen-bond acceptors (Lipinski definition) is 5. The highest BCUT2D eigenvalue weighted by atomic mass is 16.5. The van der Waals surface area contributed by atoms with Crippen LogP contribution in [0.4, 0.5) is 11.5 Å². The monoisotopic (exact) mass is 263 g/mol. The maximum absolute atomic E-state index is 11.7. The van der Waals surface area contributed by atoms with Gasteiger partial charge in [0.05, 0.1) is 24.6 Å². The SMILES string of the molecule is COC(=O)c1cc(N)ncc1NCCC1CCCC1. The number of rotatable bonds is 5. The Labute approximate surface area is 113 Å². The van der Waals surface area contributed by atoms with Gasteiger partial charge in [0.1, 0.15) is 5.82 Å². The van der Waals surface area contributed by atoms with Crippen LogP contribution in [-0.2, 0) is 4.74 Å². The van der Waals surface area contributed by atoms with E-state index in [0.717, 1.165) is 18.9 Å². The minimum absolute atomic E-state index is 0.321. The molecule has 0 unspecified atom stereocenters. The largest absolute Gasteiger partial charge is 0.465 e. The van der Waals surface area contributed by atoms with E-state index >= 15 is 0 Å². The first-order valence-corrected chi connectivity index (χ1v) is 6.78. The number of carbonyl (C=O) groups is 1. The Morgan fingerprint density at radius 1 is 1.53 bits per heavy atom. The Balaban J connectivity index is 1.96. The van der Waals surface area contributed by atoms with E-state index < -0.39 is 5.97 Å². The molecular formula is C14H21N3O2. The highest BCUT2D eigenvalue weighted by molar-refractivity contribution is 5.96. The minimum atomic E-state index is -0.391. The Morgan fingerprint density at radius 2 is 2.26 bits per heavy atom. The molecule has 1 aromatic rings. The van der Waals surface area contributed by atoms with Crippen LogP contribution in [0.25, 0.3) is 0 Å². The van der Waals surface area contributed by atoms with E-state index in [4.69, 9.17) is 10.5 Å². The van der Waals surface area contributed by atoms with Crippen molar-refractivity contribution in [2.24, 2.45) is 5.92 Å². The second kappa shape index (κ2) is 6.41. The molecule has 0 saturated heterocycles. The molecule has 0 atom stereocenters. The topological polar surface area (TPSA) is 77.2 Å². The maximum atomic E-state index is 11.7. The highest BCUT2D eigenvalue weighted by Crippen LogP contribution is 2.27. The number of nitrogens with zero attached hydrogens (tertiary/aromatic N) is 1. The summed E-state index contributed by atoms with van der Waals surface area (Å²) < 4.78 is 4.75. The number of methoxy groups -OCH3 is 1. The van der Waals surface area contributed by atoms with Gasteiger partial charge in [0.15, 0.2) is 0 Å². The summed E-state index contributed by atoms with van der Waals surface area (Å²) in [4.78, 5) is 15.7. The summed E-state index contributed by atoms with van der Waals surface area (Å²) in [6.07, 6.45) is 8.07. The van der Waals surface area contributed by atoms with Crippen molar-refractivity contribution < 1.29 is 9.53 Å². The average Bonchev–Trinajstić information content (AvgIpc) is 2.92. The van der Waals surface area contributed by atoms with Crippen LogP contribution in [0.3, 0.4) is 0 Å². The molecule has 3 N–H and O–H groups in total. The molecule has 0 spiro atoms. The van der Waals surface area contributed by atoms with E-state index in [2.05, 4.69) is 10.3 Å². The Morgan fingerprint density at radius 3 is 2.95 bits per heavy atom. The first-order chi connectivity index (χ1) is 9.20. The molecule has 5 heteroatoms. The van der Waals surface area contributed by atoms with Crippen LogP contribution < -0.4 is 11.1 Å². The molecule has 0 bridgehead atoms. The average molecular weight is 263 g/mol. The number of hydrogen-bond donors (Lipinski definition) is 2. The van der Waals surface area contributed by atoms with Gasteiger partial charge < -0.3 is 15.8 Å². The van der Waals surface area contributed by atoms with Gasteiger partial charge in [-0.25, -0.2) is 9.78 Å². The number of aromatic nitrogens is 1. The minimum Gasteiger partial charge on any atom is -0.465 e. The van der Waals surface area contributed by atoms with Gasteiger partial charge in [0.2, 0.25) is 0 Å². The van der Waals surface area contributed by atoms with E-state index in [1.165, 1.54) is 32.8 Å². The lowest BCUT2D eigenvalue weighted by Crippen LogP contribution is -2.12. The second-order valence-corrected chi connectivity index (χ2v) is 5.01. The Bertz CT molecular complexity index is 442. The third-order valence-corrected chi connectivity index (χ3v) is 3.67. The first kappa shape index (κ1) is 13.6. The molecule has 1 fully saturated rings. The van der Waals surface area contributed by atoms with Gasteiger partial charge in [0, 0.05) is 6.54 Å². The molecule has 2 rings (SSSR count). The highest BCUT2D eigenvalue weighted by Gasteiger charge is 2.16. The maximum Gasteiger partial charge on any atom is 0.340 e. The van der Waals surface area contributed by atoms with Crippen molar-refractivity contribution in [3.8, 4) is 0 Å². The molecule has 104 valence electrons. The smallest absolute Gasteiger partial charge is 0.340 e. The summed E-state index contributed by atoms with van der Waals surface area (Å²) in [6, 6.07) is 1.55. The first-order valence-electron chi connectivity index (χ1n) is 6.78. The van der Waals surface area contributed by atoms with Gasteiger partial charge in [-0.2, -0.15) is 0 Å². The molecule has 1 aliphatic carbocycles. The zero-order valence-electron chi connectivity index (χ0n) is 11.3. The van der Waals surface area contributed by atoms with Gasteiger partial charge >= 0.3 is 5.97 Å². The Kier molecular flexibility index (Phi) is 4.60. The quantitative estimate of drug-likeness (QED) is 0.798. The van der Waals surface area contributed by atoms with Crippen LogP contribution >= 0.6 is 0 Å². The van der Waals surface area contributed by atoms with Crippen molar-refractivity contribution in [1.29, 1.82) is 0 Å². The van der Waals surface area contributed by atoms with Crippen molar-refractivity contribution in [2.45, 2.75) is 32.1 Å². The number of nitrogens with one attached hydrogen (secondary N) is 1. The van der Waals surface area contributed by atoms with Crippen molar-refractivity contribution in [3.63, 3.8) is 0 Å². The molecule has 1 aromatic heterocycles. The van der Waals surface area contributed by atoms with Crippen LogP contribution in [-0.4, -0.2) is 24.6 Å². The summed E-state index contributed by atoms with van der Waals surface area (Å²) in [5.74, 6) is 0.745. The molecule has 0 radical (unpaired) electrons. The summed E-state index contributed by atoms with van der Waals surface area (Å²) >= 11 is 0. The fourth-order valence-electron chi connectivity index (χ4n) is 2.60. The normalized spacial score (nSPS) is 15.4. The lowest BCUT2D eigenvalue weighted by molar-refractivity contribution is 0.0602. The zero-order valence-corrected chi connectivity index (χ0v) is 11.3. The van der Waals surface area contributed by atoms with Crippen molar-refractivity contribution in [3.05, 3.63) is 17.8 Å². The standard InChI is InChI=1S/C14H21N3O2/c1-19-14(18)11-8-13(15)17-9-12(11)16-7-6-10-4-2-3-5-10/h8-10,16H,2-7H2,1H3,(H2,15,17). The number of nitrogen functional groups attached to an aromatic ring is 1. The third kappa shape index (κ3) is 3.59. The summed E-state index contributed by atoms with van der Waals surface area (Å²) in [5, 5.41) is 3.26. The van der Waals surface area contributed by atoms with Gasteiger partial charge in [0.25, 0.3) is 0 Å². The van der Waals surface area contributed by atoms with Gasteiger partial charge in [-0.15, -0.1) is 0 Å². The number of pyridine rings is 1. The molecule has 0 aromatic carbocycles. The summed E-state index contributed by atoms with van der Waals surface area (Å²) in [7, 11) is 1.36. The van der Waals surface area contributed by atoms with E-state index in [1.54, 1.807) is 12.3 Å². The summed E-state index contributed by atoms with van der Waals surface area (Å²) in [6.45, 7) is 0.847. The molecule has 1 aliphatic rings. The summed E-state index contributed by atoms with van der Waals surface area (Å²) in [5.41, 5.74) is 6.74. The van der Waals surface area contributed by atoms with Gasteiger partial charge in [-0.05, 0) is 18.4 Å². The number of carbonyl (C=O) groups excluding carboxylic acids is 1. The number of esters is 1. The van der Waals surface area contributed by atoms with Gasteiger partial charge in [-0.1, -0.05) is 25.7 Å². The van der Waals surface area contributed by atoms with Gasteiger partial charge in [-0.3, -0.25) is 0 Å². The van der Waals surface area contributed by atoms with Crippen LogP contribution in [0, 0.1) is 5.92 Å². The number of ether oxygens (including phenoxy) is 1. The molecule has 0 aliphatic heterocycles. The Hall–Kier alpha value is -1.78. The van der Waals surface area contributed by atoms with E-state index in [-0.39, 0.29) is 0 Å². The van der Waals surface area contributed by atoms with Crippen LogP contribution in [0.5, 0.6) is 0 Å². The van der Waals surface area contributed by atoms with Crippen molar-refractivity contribution in [1.82, 2.24) is 4.98 Å². The molecule has 0 amide bonds. The molecule has 19 heavy (non-hydrogen) atoms. The zero-order chi connectivity index (χ0) is 13.7. The fraction of sp³-hybridized carbons (Fsp3) is 0.571. The molecular weight excluding hydrogens is 242 g/mol. The number of anilines is 2. The van der Waals surface area contributed by atoms with Crippen LogP contribution in [0.1, 0.15) is 42.5 Å². The lowest BCUT2D eigenvalue weighted by atomic mass is 10.0. The number of nitrogens with two attached hydrogens (primary N) is 1. The fourth-order valence-corrected chi connectivity index (χ4v) is 2.60. The molecule has 1 saturated carbocycles. The van der Waals surface area contributed by atoms with Crippen molar-refractivity contribution >= 4 is 17.5 Å². The second-order valence-electron chi connectivity index (χ2n) is 5.01. The molecule has 1 heterocycles. The van der Waals surface area contributed by atoms with Crippen LogP contribution in [0.2, 0.25) is 0 Å². The van der Waals surface area contributed by atoms with E-state index in [0.29, 0.717) is 17.1 Å². The van der Waals surface area contributed by atoms with E-state index in [9.17, 15) is 4.79 Å². The lowest BCUT2D eigenvalue weighted by Gasteiger charge is -2.13. The predicted molar refractivity (Wildman–Crippen MR) is 75.1 cm³/mol. The van der Waals surface area contributed by atoms with Crippen molar-refractivity contribution in [2.75, 3.05) is 24.7 Å². The predicted octanol–water partition coefficient (Wildman–Crippen LogP) is 2.44. The van der Waals surface area contributed by atoms with Crippen LogP contribution in [0.15, 0.2) is 12.3 Å².